The number of rotatable bonds is 0. The summed E-state index contributed by atoms with van der Waals surface area (Å²) in [6, 6.07) is 3.73. The largest absolute Gasteiger partial charge is 0.444 e. The van der Waals surface area contributed by atoms with E-state index in [0.717, 1.165) is 15.6 Å². The zero-order valence-electron chi connectivity index (χ0n) is 12.5. The van der Waals surface area contributed by atoms with Crippen LogP contribution in [-0.2, 0) is 11.3 Å². The van der Waals surface area contributed by atoms with Gasteiger partial charge >= 0.3 is 6.09 Å². The van der Waals surface area contributed by atoms with Gasteiger partial charge in [-0.1, -0.05) is 17.7 Å². The molecule has 6 heteroatoms. The number of carbonyl (C=O) groups is 1. The second-order valence-corrected chi connectivity index (χ2v) is 7.46. The second-order valence-electron chi connectivity index (χ2n) is 6.23. The van der Waals surface area contributed by atoms with Crippen molar-refractivity contribution in [2.45, 2.75) is 45.4 Å². The molecule has 0 radical (unpaired) electrons. The van der Waals surface area contributed by atoms with Gasteiger partial charge in [0.1, 0.15) is 5.60 Å². The maximum atomic E-state index is 12.3. The molecule has 2 N–H and O–H groups in total. The predicted octanol–water partition coefficient (Wildman–Crippen LogP) is 4.24. The SMILES string of the molecule is CC(C)(C)OC(=O)N1CCC(N)c2ccc(Br)c(Cl)c2C1. The number of carbonyl (C=O) groups excluding carboxylic acids is 1. The molecule has 1 amide bonds. The van der Waals surface area contributed by atoms with Gasteiger partial charge in [-0.05, 0) is 60.3 Å². The van der Waals surface area contributed by atoms with Crippen molar-refractivity contribution >= 4 is 33.6 Å². The third kappa shape index (κ3) is 3.90. The van der Waals surface area contributed by atoms with Crippen molar-refractivity contribution in [3.8, 4) is 0 Å². The quantitative estimate of drug-likeness (QED) is 0.738. The Morgan fingerprint density at radius 1 is 1.48 bits per heavy atom. The summed E-state index contributed by atoms with van der Waals surface area (Å²) in [5.74, 6) is 0. The van der Waals surface area contributed by atoms with Crippen LogP contribution in [0.2, 0.25) is 5.02 Å². The molecule has 0 spiro atoms. The minimum absolute atomic E-state index is 0.127. The summed E-state index contributed by atoms with van der Waals surface area (Å²) in [4.78, 5) is 13.9. The van der Waals surface area contributed by atoms with Crippen molar-refractivity contribution in [3.05, 3.63) is 32.8 Å². The van der Waals surface area contributed by atoms with E-state index in [0.29, 0.717) is 24.5 Å². The molecule has 1 atom stereocenters. The first-order valence-corrected chi connectivity index (χ1v) is 8.06. The van der Waals surface area contributed by atoms with Crippen molar-refractivity contribution in [1.82, 2.24) is 4.90 Å². The van der Waals surface area contributed by atoms with Crippen LogP contribution in [0.4, 0.5) is 4.79 Å². The average Bonchev–Trinajstić information content (AvgIpc) is 2.52. The Morgan fingerprint density at radius 2 is 2.14 bits per heavy atom. The van der Waals surface area contributed by atoms with E-state index in [4.69, 9.17) is 22.1 Å². The Kier molecular flexibility index (Phi) is 4.85. The number of fused-ring (bicyclic) bond motifs is 1. The van der Waals surface area contributed by atoms with Crippen molar-refractivity contribution in [2.75, 3.05) is 6.54 Å². The van der Waals surface area contributed by atoms with Gasteiger partial charge in [-0.3, -0.25) is 0 Å². The van der Waals surface area contributed by atoms with Crippen LogP contribution in [0.5, 0.6) is 0 Å². The molecule has 1 unspecified atom stereocenters. The van der Waals surface area contributed by atoms with Crippen LogP contribution in [0.1, 0.15) is 44.4 Å². The number of hydrogen-bond donors (Lipinski definition) is 1. The molecule has 0 fully saturated rings. The van der Waals surface area contributed by atoms with Crippen LogP contribution in [-0.4, -0.2) is 23.1 Å². The van der Waals surface area contributed by atoms with E-state index in [1.54, 1.807) is 4.90 Å². The molecule has 0 bridgehead atoms. The monoisotopic (exact) mass is 374 g/mol. The highest BCUT2D eigenvalue weighted by atomic mass is 79.9. The first kappa shape index (κ1) is 16.6. The van der Waals surface area contributed by atoms with Gasteiger partial charge in [-0.15, -0.1) is 0 Å². The fraction of sp³-hybridized carbons (Fsp3) is 0.533. The number of ether oxygens (including phenoxy) is 1. The Hall–Kier alpha value is -0.780. The summed E-state index contributed by atoms with van der Waals surface area (Å²) in [7, 11) is 0. The Bertz CT molecular complexity index is 557. The van der Waals surface area contributed by atoms with Gasteiger partial charge in [-0.25, -0.2) is 4.79 Å². The van der Waals surface area contributed by atoms with Gasteiger partial charge in [-0.2, -0.15) is 0 Å². The molecule has 4 nitrogen and oxygen atoms in total. The lowest BCUT2D eigenvalue weighted by Gasteiger charge is -2.26. The fourth-order valence-corrected chi connectivity index (χ4v) is 2.92. The molecule has 1 aromatic carbocycles. The fourth-order valence-electron chi connectivity index (χ4n) is 2.32. The van der Waals surface area contributed by atoms with E-state index in [1.165, 1.54) is 0 Å². The zero-order valence-corrected chi connectivity index (χ0v) is 14.8. The molecule has 1 aliphatic rings. The normalized spacial score (nSPS) is 19.0. The number of nitrogens with two attached hydrogens (primary N) is 1. The van der Waals surface area contributed by atoms with Crippen LogP contribution in [0, 0.1) is 0 Å². The molecular formula is C15H20BrClN2O2. The smallest absolute Gasteiger partial charge is 0.410 e. The van der Waals surface area contributed by atoms with Crippen molar-refractivity contribution in [1.29, 1.82) is 0 Å². The van der Waals surface area contributed by atoms with Crippen molar-refractivity contribution < 1.29 is 9.53 Å². The minimum atomic E-state index is -0.518. The molecule has 0 aromatic heterocycles. The van der Waals surface area contributed by atoms with Crippen LogP contribution in [0.15, 0.2) is 16.6 Å². The van der Waals surface area contributed by atoms with Crippen LogP contribution in [0.25, 0.3) is 0 Å². The lowest BCUT2D eigenvalue weighted by molar-refractivity contribution is 0.0235. The maximum Gasteiger partial charge on any atom is 0.410 e. The molecule has 0 aliphatic carbocycles. The number of benzene rings is 1. The van der Waals surface area contributed by atoms with E-state index in [9.17, 15) is 4.79 Å². The van der Waals surface area contributed by atoms with Gasteiger partial charge in [0.15, 0.2) is 0 Å². The third-order valence-corrected chi connectivity index (χ3v) is 4.66. The first-order chi connectivity index (χ1) is 9.69. The van der Waals surface area contributed by atoms with E-state index in [2.05, 4.69) is 15.9 Å². The molecular weight excluding hydrogens is 356 g/mol. The summed E-state index contributed by atoms with van der Waals surface area (Å²) in [5.41, 5.74) is 7.57. The third-order valence-electron chi connectivity index (χ3n) is 3.34. The van der Waals surface area contributed by atoms with Gasteiger partial charge in [0.2, 0.25) is 0 Å². The molecule has 1 heterocycles. The lowest BCUT2D eigenvalue weighted by atomic mass is 10.0. The van der Waals surface area contributed by atoms with Crippen molar-refractivity contribution in [2.24, 2.45) is 5.73 Å². The van der Waals surface area contributed by atoms with E-state index < -0.39 is 5.60 Å². The van der Waals surface area contributed by atoms with Crippen molar-refractivity contribution in [3.63, 3.8) is 0 Å². The number of halogens is 2. The van der Waals surface area contributed by atoms with E-state index in [-0.39, 0.29) is 12.1 Å². The van der Waals surface area contributed by atoms with Crippen LogP contribution in [0.3, 0.4) is 0 Å². The predicted molar refractivity (Wildman–Crippen MR) is 87.3 cm³/mol. The summed E-state index contributed by atoms with van der Waals surface area (Å²) < 4.78 is 6.25. The van der Waals surface area contributed by atoms with Gasteiger partial charge in [0, 0.05) is 17.1 Å². The maximum absolute atomic E-state index is 12.3. The second kappa shape index (κ2) is 6.15. The van der Waals surface area contributed by atoms with E-state index >= 15 is 0 Å². The minimum Gasteiger partial charge on any atom is -0.444 e. The van der Waals surface area contributed by atoms with Gasteiger partial charge in [0.05, 0.1) is 11.6 Å². The first-order valence-electron chi connectivity index (χ1n) is 6.89. The number of hydrogen-bond acceptors (Lipinski definition) is 3. The highest BCUT2D eigenvalue weighted by Gasteiger charge is 2.28. The molecule has 2 rings (SSSR count). The Morgan fingerprint density at radius 3 is 2.76 bits per heavy atom. The van der Waals surface area contributed by atoms with Crippen LogP contribution < -0.4 is 5.73 Å². The summed E-state index contributed by atoms with van der Waals surface area (Å²) in [5, 5.41) is 0.610. The lowest BCUT2D eigenvalue weighted by Crippen LogP contribution is -2.36. The molecule has 0 saturated heterocycles. The number of amides is 1. The Labute approximate surface area is 138 Å². The van der Waals surface area contributed by atoms with Gasteiger partial charge in [0.25, 0.3) is 0 Å². The van der Waals surface area contributed by atoms with E-state index in [1.807, 2.05) is 32.9 Å². The van der Waals surface area contributed by atoms with Gasteiger partial charge < -0.3 is 15.4 Å². The number of nitrogens with zero attached hydrogens (tertiary/aromatic N) is 1. The standard InChI is InChI=1S/C15H20BrClN2O2/c1-15(2,3)21-14(20)19-7-6-12(18)9-4-5-11(16)13(17)10(9)8-19/h4-5,12H,6-8,18H2,1-3H3. The summed E-state index contributed by atoms with van der Waals surface area (Å²) in [6.45, 7) is 6.53. The Balaban J connectivity index is 2.30. The highest BCUT2D eigenvalue weighted by Crippen LogP contribution is 2.35. The summed E-state index contributed by atoms with van der Waals surface area (Å²) >= 11 is 9.79. The zero-order chi connectivity index (χ0) is 15.8. The topological polar surface area (TPSA) is 55.6 Å². The molecule has 0 saturated carbocycles. The highest BCUT2D eigenvalue weighted by molar-refractivity contribution is 9.10. The van der Waals surface area contributed by atoms with Crippen LogP contribution >= 0.6 is 27.5 Å². The molecule has 116 valence electrons. The average molecular weight is 376 g/mol. The molecule has 21 heavy (non-hydrogen) atoms. The summed E-state index contributed by atoms with van der Waals surface area (Å²) in [6.07, 6.45) is 0.350. The molecule has 1 aliphatic heterocycles. The molecule has 1 aromatic rings.